The Bertz CT molecular complexity index is 633. The van der Waals surface area contributed by atoms with E-state index in [2.05, 4.69) is 39.8 Å². The molecule has 3 rings (SSSR count). The van der Waals surface area contributed by atoms with E-state index in [1.807, 2.05) is 29.6 Å². The minimum absolute atomic E-state index is 0.289. The van der Waals surface area contributed by atoms with Gasteiger partial charge in [0.05, 0.1) is 5.54 Å². The van der Waals surface area contributed by atoms with Crippen LogP contribution in [-0.4, -0.2) is 10.9 Å². The lowest BCUT2D eigenvalue weighted by Gasteiger charge is -2.28. The van der Waals surface area contributed by atoms with E-state index in [0.29, 0.717) is 5.90 Å². The Morgan fingerprint density at radius 2 is 2.06 bits per heavy atom. The first-order chi connectivity index (χ1) is 8.56. The number of hydrogen-bond donors (Lipinski definition) is 0. The second-order valence-electron chi connectivity index (χ2n) is 4.55. The van der Waals surface area contributed by atoms with Gasteiger partial charge >= 0.3 is 0 Å². The Labute approximate surface area is 118 Å². The summed E-state index contributed by atoms with van der Waals surface area (Å²) in [4.78, 5) is 9.01. The average Bonchev–Trinajstić information content (AvgIpc) is 2.75. The van der Waals surface area contributed by atoms with Crippen molar-refractivity contribution in [3.05, 3.63) is 44.8 Å². The van der Waals surface area contributed by atoms with Crippen LogP contribution < -0.4 is 4.74 Å². The standard InChI is InChI=1S/C13H11BrN2OS/c1-13(2)8-5-3-4-6-9(8)17-11(16-13)12-15-10(14)7-18-12/h3-7H,1-2H3. The van der Waals surface area contributed by atoms with E-state index in [-0.39, 0.29) is 5.54 Å². The summed E-state index contributed by atoms with van der Waals surface area (Å²) in [7, 11) is 0. The number of para-hydroxylation sites is 1. The van der Waals surface area contributed by atoms with Crippen LogP contribution in [0.2, 0.25) is 0 Å². The Morgan fingerprint density at radius 1 is 1.28 bits per heavy atom. The number of ether oxygens (including phenoxy) is 1. The van der Waals surface area contributed by atoms with Crippen molar-refractivity contribution in [3.8, 4) is 5.75 Å². The van der Waals surface area contributed by atoms with Crippen molar-refractivity contribution in [3.63, 3.8) is 0 Å². The van der Waals surface area contributed by atoms with Crippen LogP contribution in [0.25, 0.3) is 0 Å². The van der Waals surface area contributed by atoms with Crippen molar-refractivity contribution < 1.29 is 4.74 Å². The van der Waals surface area contributed by atoms with Gasteiger partial charge in [-0.25, -0.2) is 9.98 Å². The fraction of sp³-hybridized carbons (Fsp3) is 0.231. The second-order valence-corrected chi connectivity index (χ2v) is 6.22. The summed E-state index contributed by atoms with van der Waals surface area (Å²) in [6, 6.07) is 7.99. The molecule has 0 amide bonds. The first-order valence-electron chi connectivity index (χ1n) is 5.55. The minimum Gasteiger partial charge on any atom is -0.436 e. The molecular formula is C13H11BrN2OS. The van der Waals surface area contributed by atoms with Gasteiger partial charge in [-0.3, -0.25) is 0 Å². The predicted molar refractivity (Wildman–Crippen MR) is 76.4 cm³/mol. The summed E-state index contributed by atoms with van der Waals surface area (Å²) >= 11 is 4.87. The van der Waals surface area contributed by atoms with E-state index in [4.69, 9.17) is 4.74 Å². The Hall–Kier alpha value is -1.20. The molecule has 18 heavy (non-hydrogen) atoms. The average molecular weight is 323 g/mol. The largest absolute Gasteiger partial charge is 0.436 e. The van der Waals surface area contributed by atoms with E-state index in [1.165, 1.54) is 11.3 Å². The number of nitrogens with zero attached hydrogens (tertiary/aromatic N) is 2. The van der Waals surface area contributed by atoms with Gasteiger partial charge in [0.25, 0.3) is 5.90 Å². The van der Waals surface area contributed by atoms with Gasteiger partial charge in [-0.2, -0.15) is 0 Å². The molecule has 1 aromatic heterocycles. The third-order valence-electron chi connectivity index (χ3n) is 2.79. The van der Waals surface area contributed by atoms with Crippen LogP contribution in [0.1, 0.15) is 24.4 Å². The normalized spacial score (nSPS) is 16.7. The van der Waals surface area contributed by atoms with Gasteiger partial charge < -0.3 is 4.74 Å². The van der Waals surface area contributed by atoms with E-state index in [9.17, 15) is 0 Å². The summed E-state index contributed by atoms with van der Waals surface area (Å²) in [5.74, 6) is 1.45. The highest BCUT2D eigenvalue weighted by molar-refractivity contribution is 9.10. The van der Waals surface area contributed by atoms with Crippen molar-refractivity contribution in [1.29, 1.82) is 0 Å². The van der Waals surface area contributed by atoms with Crippen LogP contribution in [0.3, 0.4) is 0 Å². The molecule has 1 aromatic carbocycles. The minimum atomic E-state index is -0.289. The lowest BCUT2D eigenvalue weighted by atomic mass is 9.93. The molecule has 0 N–H and O–H groups in total. The van der Waals surface area contributed by atoms with Gasteiger partial charge in [0, 0.05) is 10.9 Å². The number of thiazole rings is 1. The summed E-state index contributed by atoms with van der Waals surface area (Å²) in [5, 5.41) is 2.72. The zero-order valence-corrected chi connectivity index (χ0v) is 12.4. The molecular weight excluding hydrogens is 312 g/mol. The first kappa shape index (κ1) is 11.9. The third-order valence-corrected chi connectivity index (χ3v) is 4.33. The van der Waals surface area contributed by atoms with Crippen LogP contribution >= 0.6 is 27.3 Å². The Kier molecular flexibility index (Phi) is 2.75. The lowest BCUT2D eigenvalue weighted by Crippen LogP contribution is -2.27. The predicted octanol–water partition coefficient (Wildman–Crippen LogP) is 3.98. The molecule has 0 saturated heterocycles. The maximum atomic E-state index is 5.84. The first-order valence-corrected chi connectivity index (χ1v) is 7.22. The fourth-order valence-corrected chi connectivity index (χ4v) is 3.12. The van der Waals surface area contributed by atoms with Crippen molar-refractivity contribution in [1.82, 2.24) is 4.98 Å². The molecule has 3 nitrogen and oxygen atoms in total. The monoisotopic (exact) mass is 322 g/mol. The SMILES string of the molecule is CC1(C)N=C(c2nc(Br)cs2)Oc2ccccc21. The highest BCUT2D eigenvalue weighted by atomic mass is 79.9. The molecule has 5 heteroatoms. The number of hydrogen-bond acceptors (Lipinski definition) is 4. The molecule has 0 saturated carbocycles. The van der Waals surface area contributed by atoms with Gasteiger partial charge in [0.2, 0.25) is 0 Å². The Morgan fingerprint density at radius 3 is 2.78 bits per heavy atom. The highest BCUT2D eigenvalue weighted by Crippen LogP contribution is 2.37. The molecule has 1 aliphatic heterocycles. The molecule has 0 bridgehead atoms. The van der Waals surface area contributed by atoms with Crippen LogP contribution in [0.5, 0.6) is 5.75 Å². The quantitative estimate of drug-likeness (QED) is 0.795. The van der Waals surface area contributed by atoms with E-state index >= 15 is 0 Å². The lowest BCUT2D eigenvalue weighted by molar-refractivity contribution is 0.440. The smallest absolute Gasteiger partial charge is 0.252 e. The van der Waals surface area contributed by atoms with Crippen LogP contribution in [-0.2, 0) is 5.54 Å². The second kappa shape index (κ2) is 4.17. The third kappa shape index (κ3) is 1.97. The number of aliphatic imine (C=N–C) groups is 1. The molecule has 0 atom stereocenters. The van der Waals surface area contributed by atoms with E-state index in [0.717, 1.165) is 20.9 Å². The van der Waals surface area contributed by atoms with Gasteiger partial charge in [-0.15, -0.1) is 11.3 Å². The molecule has 92 valence electrons. The van der Waals surface area contributed by atoms with Crippen molar-refractivity contribution in [2.75, 3.05) is 0 Å². The maximum absolute atomic E-state index is 5.84. The highest BCUT2D eigenvalue weighted by Gasteiger charge is 2.31. The summed E-state index contributed by atoms with van der Waals surface area (Å²) in [6.07, 6.45) is 0. The van der Waals surface area contributed by atoms with Crippen LogP contribution in [0, 0.1) is 0 Å². The summed E-state index contributed by atoms with van der Waals surface area (Å²) < 4.78 is 6.65. The molecule has 0 radical (unpaired) electrons. The zero-order valence-electron chi connectivity index (χ0n) is 9.98. The van der Waals surface area contributed by atoms with Gasteiger partial charge in [-0.05, 0) is 35.8 Å². The van der Waals surface area contributed by atoms with E-state index < -0.39 is 0 Å². The molecule has 2 heterocycles. The molecule has 0 spiro atoms. The summed E-state index contributed by atoms with van der Waals surface area (Å²) in [6.45, 7) is 4.16. The number of halogens is 1. The number of fused-ring (bicyclic) bond motifs is 1. The molecule has 0 aliphatic carbocycles. The topological polar surface area (TPSA) is 34.5 Å². The fourth-order valence-electron chi connectivity index (χ4n) is 1.95. The van der Waals surface area contributed by atoms with Crippen molar-refractivity contribution in [2.24, 2.45) is 4.99 Å². The molecule has 0 unspecified atom stereocenters. The molecule has 2 aromatic rings. The number of aromatic nitrogens is 1. The zero-order chi connectivity index (χ0) is 12.8. The van der Waals surface area contributed by atoms with Crippen LogP contribution in [0.15, 0.2) is 39.2 Å². The molecule has 0 fully saturated rings. The number of benzene rings is 1. The van der Waals surface area contributed by atoms with Gasteiger partial charge in [0.15, 0.2) is 5.01 Å². The van der Waals surface area contributed by atoms with E-state index in [1.54, 1.807) is 0 Å². The van der Waals surface area contributed by atoms with Crippen molar-refractivity contribution in [2.45, 2.75) is 19.4 Å². The number of rotatable bonds is 1. The van der Waals surface area contributed by atoms with Crippen LogP contribution in [0.4, 0.5) is 0 Å². The van der Waals surface area contributed by atoms with Gasteiger partial charge in [-0.1, -0.05) is 18.2 Å². The van der Waals surface area contributed by atoms with Gasteiger partial charge in [0.1, 0.15) is 10.4 Å². The summed E-state index contributed by atoms with van der Waals surface area (Å²) in [5.41, 5.74) is 0.812. The maximum Gasteiger partial charge on any atom is 0.252 e. The molecule has 1 aliphatic rings. The van der Waals surface area contributed by atoms with Crippen molar-refractivity contribution >= 4 is 33.2 Å². The Balaban J connectivity index is 2.09.